The van der Waals surface area contributed by atoms with E-state index in [0.717, 1.165) is 12.8 Å². The van der Waals surface area contributed by atoms with Crippen molar-refractivity contribution in [2.75, 3.05) is 12.4 Å². The van der Waals surface area contributed by atoms with Crippen LogP contribution in [0.4, 0.5) is 10.1 Å². The molecule has 1 fully saturated rings. The zero-order valence-corrected chi connectivity index (χ0v) is 7.51. The molecule has 2 rings (SSSR count). The molecule has 0 unspecified atom stereocenters. The van der Waals surface area contributed by atoms with E-state index in [1.54, 1.807) is 19.2 Å². The summed E-state index contributed by atoms with van der Waals surface area (Å²) in [4.78, 5) is 0. The van der Waals surface area contributed by atoms with E-state index in [1.807, 2.05) is 0 Å². The van der Waals surface area contributed by atoms with Crippen molar-refractivity contribution in [1.29, 1.82) is 0 Å². The summed E-state index contributed by atoms with van der Waals surface area (Å²) in [6.07, 6.45) is 2.30. The Morgan fingerprint density at radius 3 is 2.85 bits per heavy atom. The molecular weight excluding hydrogens is 169 g/mol. The predicted molar refractivity (Wildman–Crippen MR) is 49.6 cm³/mol. The minimum Gasteiger partial charge on any atom is -0.485 e. The fourth-order valence-corrected chi connectivity index (χ4v) is 1.18. The molecule has 13 heavy (non-hydrogen) atoms. The highest BCUT2D eigenvalue weighted by Gasteiger charge is 2.25. The summed E-state index contributed by atoms with van der Waals surface area (Å²) in [5.41, 5.74) is 0.715. The van der Waals surface area contributed by atoms with E-state index in [1.165, 1.54) is 6.07 Å². The first kappa shape index (κ1) is 8.35. The Bertz CT molecular complexity index is 310. The van der Waals surface area contributed by atoms with Crippen LogP contribution in [0.15, 0.2) is 18.2 Å². The molecule has 70 valence electrons. The maximum Gasteiger partial charge on any atom is 0.178 e. The largest absolute Gasteiger partial charge is 0.485 e. The number of nitrogens with one attached hydrogen (secondary N) is 1. The second-order valence-electron chi connectivity index (χ2n) is 3.18. The molecule has 0 saturated heterocycles. The van der Waals surface area contributed by atoms with Gasteiger partial charge in [-0.25, -0.2) is 4.39 Å². The SMILES string of the molecule is CNc1cccc(F)c1OC1CC1. The van der Waals surface area contributed by atoms with Crippen molar-refractivity contribution in [3.8, 4) is 5.75 Å². The van der Waals surface area contributed by atoms with Crippen LogP contribution in [0.5, 0.6) is 5.75 Å². The summed E-state index contributed by atoms with van der Waals surface area (Å²) in [6.45, 7) is 0. The molecule has 0 aliphatic heterocycles. The van der Waals surface area contributed by atoms with Gasteiger partial charge in [-0.3, -0.25) is 0 Å². The van der Waals surface area contributed by atoms with Gasteiger partial charge in [0.1, 0.15) is 0 Å². The van der Waals surface area contributed by atoms with Crippen molar-refractivity contribution in [3.05, 3.63) is 24.0 Å². The van der Waals surface area contributed by atoms with Crippen LogP contribution in [0.2, 0.25) is 0 Å². The summed E-state index contributed by atoms with van der Waals surface area (Å²) in [7, 11) is 1.76. The molecule has 1 aromatic carbocycles. The van der Waals surface area contributed by atoms with Gasteiger partial charge in [0.25, 0.3) is 0 Å². The average molecular weight is 181 g/mol. The second-order valence-corrected chi connectivity index (χ2v) is 3.18. The Labute approximate surface area is 76.7 Å². The lowest BCUT2D eigenvalue weighted by atomic mass is 10.3. The standard InChI is InChI=1S/C10H12FNO/c1-12-9-4-2-3-8(11)10(9)13-7-5-6-7/h2-4,7,12H,5-6H2,1H3. The Morgan fingerprint density at radius 1 is 1.46 bits per heavy atom. The van der Waals surface area contributed by atoms with Gasteiger partial charge in [-0.2, -0.15) is 0 Å². The van der Waals surface area contributed by atoms with Crippen LogP contribution >= 0.6 is 0 Å². The first-order chi connectivity index (χ1) is 6.31. The average Bonchev–Trinajstić information content (AvgIpc) is 2.92. The van der Waals surface area contributed by atoms with Crippen molar-refractivity contribution < 1.29 is 9.13 Å². The van der Waals surface area contributed by atoms with E-state index in [4.69, 9.17) is 4.74 Å². The highest BCUT2D eigenvalue weighted by molar-refractivity contribution is 5.56. The zero-order chi connectivity index (χ0) is 9.26. The van der Waals surface area contributed by atoms with Gasteiger partial charge < -0.3 is 10.1 Å². The Morgan fingerprint density at radius 2 is 2.23 bits per heavy atom. The number of ether oxygens (including phenoxy) is 1. The molecule has 1 aromatic rings. The summed E-state index contributed by atoms with van der Waals surface area (Å²) in [6, 6.07) is 4.89. The number of halogens is 1. The van der Waals surface area contributed by atoms with Crippen molar-refractivity contribution in [2.24, 2.45) is 0 Å². The predicted octanol–water partition coefficient (Wildman–Crippen LogP) is 2.41. The number of hydrogen-bond acceptors (Lipinski definition) is 2. The molecule has 1 N–H and O–H groups in total. The Hall–Kier alpha value is -1.25. The minimum atomic E-state index is -0.293. The summed E-state index contributed by atoms with van der Waals surface area (Å²) in [5, 5.41) is 2.90. The van der Waals surface area contributed by atoms with Gasteiger partial charge >= 0.3 is 0 Å². The van der Waals surface area contributed by atoms with Crippen LogP contribution in [0.1, 0.15) is 12.8 Å². The maximum absolute atomic E-state index is 13.3. The van der Waals surface area contributed by atoms with E-state index in [0.29, 0.717) is 11.4 Å². The lowest BCUT2D eigenvalue weighted by molar-refractivity contribution is 0.289. The molecule has 1 aliphatic carbocycles. The zero-order valence-electron chi connectivity index (χ0n) is 7.51. The maximum atomic E-state index is 13.3. The van der Waals surface area contributed by atoms with Crippen molar-refractivity contribution in [2.45, 2.75) is 18.9 Å². The number of anilines is 1. The molecule has 0 spiro atoms. The quantitative estimate of drug-likeness (QED) is 0.773. The number of hydrogen-bond donors (Lipinski definition) is 1. The smallest absolute Gasteiger partial charge is 0.178 e. The monoisotopic (exact) mass is 181 g/mol. The number of para-hydroxylation sites is 1. The van der Waals surface area contributed by atoms with E-state index in [9.17, 15) is 4.39 Å². The van der Waals surface area contributed by atoms with E-state index >= 15 is 0 Å². The third-order valence-corrected chi connectivity index (χ3v) is 2.05. The van der Waals surface area contributed by atoms with Crippen LogP contribution in [0, 0.1) is 5.82 Å². The van der Waals surface area contributed by atoms with Crippen LogP contribution in [0.3, 0.4) is 0 Å². The normalized spacial score (nSPS) is 15.5. The van der Waals surface area contributed by atoms with Crippen LogP contribution in [-0.2, 0) is 0 Å². The Balaban J connectivity index is 2.27. The summed E-state index contributed by atoms with van der Waals surface area (Å²) in [5.74, 6) is 0.0613. The van der Waals surface area contributed by atoms with Gasteiger partial charge in [0.15, 0.2) is 11.6 Å². The van der Waals surface area contributed by atoms with E-state index < -0.39 is 0 Å². The van der Waals surface area contributed by atoms with E-state index in [2.05, 4.69) is 5.32 Å². The molecule has 2 nitrogen and oxygen atoms in total. The first-order valence-corrected chi connectivity index (χ1v) is 4.44. The van der Waals surface area contributed by atoms with Crippen molar-refractivity contribution in [3.63, 3.8) is 0 Å². The number of rotatable bonds is 3. The highest BCUT2D eigenvalue weighted by Crippen LogP contribution is 2.33. The molecule has 3 heteroatoms. The van der Waals surface area contributed by atoms with Crippen molar-refractivity contribution in [1.82, 2.24) is 0 Å². The van der Waals surface area contributed by atoms with Gasteiger partial charge in [0.05, 0.1) is 11.8 Å². The molecule has 0 radical (unpaired) electrons. The van der Waals surface area contributed by atoms with Crippen LogP contribution < -0.4 is 10.1 Å². The highest BCUT2D eigenvalue weighted by atomic mass is 19.1. The molecule has 0 amide bonds. The van der Waals surface area contributed by atoms with Gasteiger partial charge in [-0.1, -0.05) is 6.07 Å². The fraction of sp³-hybridized carbons (Fsp3) is 0.400. The summed E-state index contributed by atoms with van der Waals surface area (Å²) < 4.78 is 18.7. The van der Waals surface area contributed by atoms with Gasteiger partial charge in [-0.15, -0.1) is 0 Å². The van der Waals surface area contributed by atoms with Crippen LogP contribution in [-0.4, -0.2) is 13.2 Å². The second kappa shape index (κ2) is 3.24. The van der Waals surface area contributed by atoms with Crippen molar-refractivity contribution >= 4 is 5.69 Å². The lowest BCUT2D eigenvalue weighted by Gasteiger charge is -2.10. The van der Waals surface area contributed by atoms with Crippen LogP contribution in [0.25, 0.3) is 0 Å². The van der Waals surface area contributed by atoms with Gasteiger partial charge in [-0.05, 0) is 25.0 Å². The molecule has 1 aliphatic rings. The molecule has 0 atom stereocenters. The number of benzene rings is 1. The van der Waals surface area contributed by atoms with E-state index in [-0.39, 0.29) is 11.9 Å². The molecule has 1 saturated carbocycles. The van der Waals surface area contributed by atoms with Gasteiger partial charge in [0.2, 0.25) is 0 Å². The summed E-state index contributed by atoms with van der Waals surface area (Å²) >= 11 is 0. The van der Waals surface area contributed by atoms with Gasteiger partial charge in [0, 0.05) is 7.05 Å². The third kappa shape index (κ3) is 1.74. The first-order valence-electron chi connectivity index (χ1n) is 4.44. The third-order valence-electron chi connectivity index (χ3n) is 2.05. The molecule has 0 heterocycles. The molecule has 0 aromatic heterocycles. The molecule has 0 bridgehead atoms. The molecular formula is C10H12FNO. The lowest BCUT2D eigenvalue weighted by Crippen LogP contribution is -2.02. The Kier molecular flexibility index (Phi) is 2.08. The fourth-order valence-electron chi connectivity index (χ4n) is 1.18. The minimum absolute atomic E-state index is 0.226. The topological polar surface area (TPSA) is 21.3 Å².